The zero-order chi connectivity index (χ0) is 24.6. The molecule has 1 fully saturated rings. The van der Waals surface area contributed by atoms with Crippen molar-refractivity contribution in [1.82, 2.24) is 9.88 Å². The van der Waals surface area contributed by atoms with Gasteiger partial charge in [-0.25, -0.2) is 4.98 Å². The van der Waals surface area contributed by atoms with Gasteiger partial charge in [0, 0.05) is 30.9 Å². The number of morpholine rings is 1. The number of aromatic nitrogens is 1. The molecule has 10 nitrogen and oxygen atoms in total. The van der Waals surface area contributed by atoms with Crippen LogP contribution >= 0.6 is 11.3 Å². The van der Waals surface area contributed by atoms with Crippen LogP contribution < -0.4 is 25.8 Å². The summed E-state index contributed by atoms with van der Waals surface area (Å²) in [6, 6.07) is 14.0. The third kappa shape index (κ3) is 6.69. The third-order valence-corrected chi connectivity index (χ3v) is 6.21. The van der Waals surface area contributed by atoms with Gasteiger partial charge in [-0.1, -0.05) is 11.3 Å². The second-order valence-electron chi connectivity index (χ2n) is 7.70. The first kappa shape index (κ1) is 24.5. The summed E-state index contributed by atoms with van der Waals surface area (Å²) >= 11 is 1.12. The van der Waals surface area contributed by atoms with E-state index in [9.17, 15) is 9.59 Å². The molecule has 0 unspecified atom stereocenters. The Balaban J connectivity index is 1.35. The molecule has 184 valence electrons. The first-order valence-corrected chi connectivity index (χ1v) is 11.9. The number of thiazole rings is 1. The van der Waals surface area contributed by atoms with Gasteiger partial charge in [0.25, 0.3) is 11.8 Å². The van der Waals surface area contributed by atoms with Crippen molar-refractivity contribution >= 4 is 39.0 Å². The molecule has 0 atom stereocenters. The van der Waals surface area contributed by atoms with Gasteiger partial charge in [0.05, 0.1) is 20.3 Å². The fourth-order valence-corrected chi connectivity index (χ4v) is 4.30. The maximum atomic E-state index is 12.8. The van der Waals surface area contributed by atoms with Gasteiger partial charge >= 0.3 is 0 Å². The summed E-state index contributed by atoms with van der Waals surface area (Å²) in [4.78, 5) is 31.2. The molecule has 1 aliphatic heterocycles. The fourth-order valence-electron chi connectivity index (χ4n) is 3.42. The normalized spacial score (nSPS) is 13.7. The Morgan fingerprint density at radius 2 is 1.77 bits per heavy atom. The van der Waals surface area contributed by atoms with E-state index in [2.05, 4.69) is 20.5 Å². The fraction of sp³-hybridized carbons (Fsp3) is 0.292. The number of methoxy groups -OCH3 is 1. The topological polar surface area (TPSA) is 128 Å². The minimum Gasteiger partial charge on any atom is -0.497 e. The number of benzene rings is 2. The Morgan fingerprint density at radius 1 is 1.09 bits per heavy atom. The predicted molar refractivity (Wildman–Crippen MR) is 134 cm³/mol. The van der Waals surface area contributed by atoms with Gasteiger partial charge in [0.1, 0.15) is 23.1 Å². The van der Waals surface area contributed by atoms with Gasteiger partial charge in [-0.05, 0) is 48.5 Å². The second kappa shape index (κ2) is 11.6. The molecule has 0 saturated carbocycles. The lowest BCUT2D eigenvalue weighted by atomic mass is 10.2. The number of nitrogens with one attached hydrogen (secondary N) is 2. The summed E-state index contributed by atoms with van der Waals surface area (Å²) < 4.78 is 16.3. The summed E-state index contributed by atoms with van der Waals surface area (Å²) in [5.74, 6) is 0.278. The van der Waals surface area contributed by atoms with Crippen molar-refractivity contribution in [3.05, 3.63) is 59.8 Å². The van der Waals surface area contributed by atoms with Gasteiger partial charge in [-0.2, -0.15) is 0 Å². The Kier molecular flexibility index (Phi) is 8.14. The van der Waals surface area contributed by atoms with Gasteiger partial charge in [-0.15, -0.1) is 0 Å². The van der Waals surface area contributed by atoms with E-state index in [0.717, 1.165) is 49.9 Å². The molecule has 0 bridgehead atoms. The predicted octanol–water partition coefficient (Wildman–Crippen LogP) is 2.96. The molecule has 1 saturated heterocycles. The van der Waals surface area contributed by atoms with Crippen LogP contribution in [0.4, 0.5) is 15.8 Å². The highest BCUT2D eigenvalue weighted by Crippen LogP contribution is 2.31. The molecule has 4 rings (SSSR count). The van der Waals surface area contributed by atoms with Crippen molar-refractivity contribution in [1.29, 1.82) is 0 Å². The number of amides is 2. The van der Waals surface area contributed by atoms with Crippen LogP contribution in [0, 0.1) is 0 Å². The van der Waals surface area contributed by atoms with E-state index >= 15 is 0 Å². The Labute approximate surface area is 207 Å². The maximum Gasteiger partial charge on any atom is 0.270 e. The van der Waals surface area contributed by atoms with E-state index in [0.29, 0.717) is 28.8 Å². The summed E-state index contributed by atoms with van der Waals surface area (Å²) in [6.07, 6.45) is 0. The molecular weight excluding hydrogens is 470 g/mol. The monoisotopic (exact) mass is 497 g/mol. The average Bonchev–Trinajstić information content (AvgIpc) is 3.28. The van der Waals surface area contributed by atoms with Crippen molar-refractivity contribution in [2.24, 2.45) is 5.73 Å². The lowest BCUT2D eigenvalue weighted by molar-refractivity contribution is 0.0322. The van der Waals surface area contributed by atoms with Crippen molar-refractivity contribution in [3.63, 3.8) is 0 Å². The van der Waals surface area contributed by atoms with Crippen LogP contribution in [0.5, 0.6) is 11.5 Å². The molecule has 0 radical (unpaired) electrons. The molecule has 4 N–H and O–H groups in total. The molecular formula is C24H27N5O5S. The van der Waals surface area contributed by atoms with E-state index < -0.39 is 5.91 Å². The molecule has 0 aliphatic carbocycles. The number of anilines is 3. The minimum absolute atomic E-state index is 0.0116. The smallest absolute Gasteiger partial charge is 0.270 e. The highest BCUT2D eigenvalue weighted by atomic mass is 32.1. The van der Waals surface area contributed by atoms with E-state index in [1.54, 1.807) is 43.5 Å². The molecule has 2 amide bonds. The van der Waals surface area contributed by atoms with Crippen molar-refractivity contribution in [3.8, 4) is 11.5 Å². The molecule has 1 aliphatic rings. The van der Waals surface area contributed by atoms with E-state index in [1.807, 2.05) is 12.1 Å². The number of carbonyl (C=O) groups is 2. The van der Waals surface area contributed by atoms with Crippen LogP contribution in [0.25, 0.3) is 0 Å². The highest BCUT2D eigenvalue weighted by Gasteiger charge is 2.19. The largest absolute Gasteiger partial charge is 0.497 e. The van der Waals surface area contributed by atoms with Gasteiger partial charge < -0.3 is 30.6 Å². The van der Waals surface area contributed by atoms with E-state index in [4.69, 9.17) is 19.9 Å². The lowest BCUT2D eigenvalue weighted by Crippen LogP contribution is -2.38. The summed E-state index contributed by atoms with van der Waals surface area (Å²) in [6.45, 7) is 4.69. The number of carbonyl (C=O) groups excluding carboxylic acids is 2. The standard InChI is InChI=1S/C24H27N5O5S/c1-32-18-8-4-17(5-9-18)26-24-27-20(21(25)30)23(35-24)28-22(31)16-2-6-19(7-3-16)34-15-12-29-10-13-33-14-11-29/h2-9H,10-15H2,1H3,(H2,25,30)(H,26,27)(H,28,31). The molecule has 2 heterocycles. The minimum atomic E-state index is -0.733. The Morgan fingerprint density at radius 3 is 2.43 bits per heavy atom. The van der Waals surface area contributed by atoms with Crippen LogP contribution in [0.15, 0.2) is 48.5 Å². The third-order valence-electron chi connectivity index (χ3n) is 5.33. The van der Waals surface area contributed by atoms with Crippen molar-refractivity contribution in [2.75, 3.05) is 57.2 Å². The van der Waals surface area contributed by atoms with Gasteiger partial charge in [0.2, 0.25) is 0 Å². The van der Waals surface area contributed by atoms with E-state index in [-0.39, 0.29) is 16.6 Å². The zero-order valence-corrected chi connectivity index (χ0v) is 20.1. The van der Waals surface area contributed by atoms with Crippen molar-refractivity contribution in [2.45, 2.75) is 0 Å². The molecule has 1 aromatic heterocycles. The first-order valence-electron chi connectivity index (χ1n) is 11.1. The maximum absolute atomic E-state index is 12.8. The van der Waals surface area contributed by atoms with Crippen LogP contribution in [0.2, 0.25) is 0 Å². The molecule has 11 heteroatoms. The summed E-state index contributed by atoms with van der Waals surface area (Å²) in [7, 11) is 1.59. The number of rotatable bonds is 10. The Bertz CT molecular complexity index is 1140. The van der Waals surface area contributed by atoms with Gasteiger partial charge in [-0.3, -0.25) is 14.5 Å². The van der Waals surface area contributed by atoms with Crippen LogP contribution in [0.3, 0.4) is 0 Å². The quantitative estimate of drug-likeness (QED) is 0.390. The molecule has 3 aromatic rings. The number of primary amides is 1. The average molecular weight is 498 g/mol. The Hall–Kier alpha value is -3.67. The number of ether oxygens (including phenoxy) is 3. The summed E-state index contributed by atoms with van der Waals surface area (Å²) in [5.41, 5.74) is 6.63. The van der Waals surface area contributed by atoms with E-state index in [1.165, 1.54) is 0 Å². The van der Waals surface area contributed by atoms with Crippen LogP contribution in [-0.2, 0) is 4.74 Å². The van der Waals surface area contributed by atoms with Gasteiger partial charge in [0.15, 0.2) is 10.8 Å². The number of hydrogen-bond donors (Lipinski definition) is 3. The SMILES string of the molecule is COc1ccc(Nc2nc(C(N)=O)c(NC(=O)c3ccc(OCCN4CCOCC4)cc3)s2)cc1. The number of nitrogens with two attached hydrogens (primary N) is 1. The second-order valence-corrected chi connectivity index (χ2v) is 8.69. The highest BCUT2D eigenvalue weighted by molar-refractivity contribution is 7.20. The van der Waals surface area contributed by atoms with Crippen molar-refractivity contribution < 1.29 is 23.8 Å². The number of nitrogens with zero attached hydrogens (tertiary/aromatic N) is 2. The zero-order valence-electron chi connectivity index (χ0n) is 19.3. The molecule has 0 spiro atoms. The first-order chi connectivity index (χ1) is 17.0. The summed E-state index contributed by atoms with van der Waals surface area (Å²) in [5, 5.41) is 6.52. The van der Waals surface area contributed by atoms with Crippen LogP contribution in [0.1, 0.15) is 20.8 Å². The lowest BCUT2D eigenvalue weighted by Gasteiger charge is -2.26. The van der Waals surface area contributed by atoms with Crippen LogP contribution in [-0.4, -0.2) is 68.3 Å². The number of hydrogen-bond acceptors (Lipinski definition) is 9. The molecule has 35 heavy (non-hydrogen) atoms. The molecule has 2 aromatic carbocycles.